The van der Waals surface area contributed by atoms with Crippen molar-refractivity contribution in [3.05, 3.63) is 75.8 Å². The van der Waals surface area contributed by atoms with Crippen LogP contribution in [0.1, 0.15) is 17.0 Å². The van der Waals surface area contributed by atoms with Gasteiger partial charge in [-0.3, -0.25) is 4.79 Å². The Morgan fingerprint density at radius 2 is 1.81 bits per heavy atom. The quantitative estimate of drug-likeness (QED) is 0.780. The van der Waals surface area contributed by atoms with E-state index >= 15 is 0 Å². The van der Waals surface area contributed by atoms with Crippen molar-refractivity contribution in [3.63, 3.8) is 0 Å². The molecule has 21 heavy (non-hydrogen) atoms. The van der Waals surface area contributed by atoms with Crippen LogP contribution in [0.15, 0.2) is 53.3 Å². The van der Waals surface area contributed by atoms with E-state index in [-0.39, 0.29) is 5.56 Å². The fraction of sp³-hybridized carbons (Fsp3) is 0. The summed E-state index contributed by atoms with van der Waals surface area (Å²) in [5.74, 6) is 0.503. The lowest BCUT2D eigenvalue weighted by atomic mass is 10.1. The zero-order chi connectivity index (χ0) is 14.7. The average Bonchev–Trinajstić information content (AvgIpc) is 2.53. The molecule has 0 aliphatic heterocycles. The molecule has 4 heteroatoms. The molecule has 100 valence electrons. The van der Waals surface area contributed by atoms with Gasteiger partial charge in [-0.2, -0.15) is 5.26 Å². The number of nitrogens with one attached hydrogen (secondary N) is 1. The minimum absolute atomic E-state index is 0.153. The van der Waals surface area contributed by atoms with E-state index in [1.807, 2.05) is 36.4 Å². The summed E-state index contributed by atoms with van der Waals surface area (Å²) in [6.07, 6.45) is 3.59. The lowest BCUT2D eigenvalue weighted by Crippen LogP contribution is -2.09. The number of nitriles is 1. The standard InChI is InChI=1S/C17H11N3O/c18-11-13-7-5-12(6-8-13)9-10-16-19-15-4-2-1-3-14(15)17(21)20-16/h1-10H,(H,19,20,21)/b10-9+. The molecule has 4 nitrogen and oxygen atoms in total. The van der Waals surface area contributed by atoms with Crippen LogP contribution in [-0.4, -0.2) is 9.97 Å². The zero-order valence-corrected chi connectivity index (χ0v) is 11.1. The Hall–Kier alpha value is -3.19. The number of benzene rings is 2. The highest BCUT2D eigenvalue weighted by molar-refractivity contribution is 5.79. The molecule has 0 unspecified atom stereocenters. The smallest absolute Gasteiger partial charge is 0.259 e. The summed E-state index contributed by atoms with van der Waals surface area (Å²) in [7, 11) is 0. The monoisotopic (exact) mass is 273 g/mol. The van der Waals surface area contributed by atoms with E-state index in [1.165, 1.54) is 0 Å². The highest BCUT2D eigenvalue weighted by Crippen LogP contribution is 2.09. The van der Waals surface area contributed by atoms with E-state index in [2.05, 4.69) is 16.0 Å². The first-order valence-corrected chi connectivity index (χ1v) is 6.43. The van der Waals surface area contributed by atoms with E-state index in [0.717, 1.165) is 5.56 Å². The number of aromatic nitrogens is 2. The van der Waals surface area contributed by atoms with E-state index in [4.69, 9.17) is 5.26 Å². The van der Waals surface area contributed by atoms with Gasteiger partial charge >= 0.3 is 0 Å². The van der Waals surface area contributed by atoms with Crippen LogP contribution >= 0.6 is 0 Å². The topological polar surface area (TPSA) is 69.5 Å². The maximum Gasteiger partial charge on any atom is 0.259 e. The van der Waals surface area contributed by atoms with E-state index in [9.17, 15) is 4.79 Å². The molecule has 0 saturated heterocycles. The number of nitrogens with zero attached hydrogens (tertiary/aromatic N) is 2. The largest absolute Gasteiger partial charge is 0.306 e. The van der Waals surface area contributed by atoms with Gasteiger partial charge in [0.2, 0.25) is 0 Å². The number of para-hydroxylation sites is 1. The molecule has 2 aromatic carbocycles. The molecule has 3 rings (SSSR count). The van der Waals surface area contributed by atoms with Crippen molar-refractivity contribution in [3.8, 4) is 6.07 Å². The van der Waals surface area contributed by atoms with Crippen LogP contribution < -0.4 is 5.56 Å². The highest BCUT2D eigenvalue weighted by atomic mass is 16.1. The van der Waals surface area contributed by atoms with Crippen LogP contribution in [0.3, 0.4) is 0 Å². The Kier molecular flexibility index (Phi) is 3.32. The van der Waals surface area contributed by atoms with Gasteiger partial charge in [0, 0.05) is 0 Å². The molecule has 0 atom stereocenters. The summed E-state index contributed by atoms with van der Waals surface area (Å²) in [6, 6.07) is 16.5. The van der Waals surface area contributed by atoms with Gasteiger partial charge in [0.15, 0.2) is 0 Å². The van der Waals surface area contributed by atoms with Gasteiger partial charge in [0.25, 0.3) is 5.56 Å². The highest BCUT2D eigenvalue weighted by Gasteiger charge is 2.00. The Balaban J connectivity index is 1.95. The normalized spacial score (nSPS) is 10.8. The minimum Gasteiger partial charge on any atom is -0.306 e. The predicted octanol–water partition coefficient (Wildman–Crippen LogP) is 2.97. The lowest BCUT2D eigenvalue weighted by molar-refractivity contribution is 1.14. The minimum atomic E-state index is -0.153. The molecule has 0 amide bonds. The SMILES string of the molecule is N#Cc1ccc(/C=C/c2nc3ccccc3c(=O)[nH]2)cc1. The predicted molar refractivity (Wildman–Crippen MR) is 82.4 cm³/mol. The van der Waals surface area contributed by atoms with Crippen LogP contribution in [0, 0.1) is 11.3 Å². The van der Waals surface area contributed by atoms with Crippen LogP contribution in [0.5, 0.6) is 0 Å². The summed E-state index contributed by atoms with van der Waals surface area (Å²) in [5, 5.41) is 9.33. The van der Waals surface area contributed by atoms with Gasteiger partial charge in [0.1, 0.15) is 5.82 Å². The third-order valence-electron chi connectivity index (χ3n) is 3.10. The van der Waals surface area contributed by atoms with E-state index < -0.39 is 0 Å². The Morgan fingerprint density at radius 1 is 1.05 bits per heavy atom. The number of hydrogen-bond acceptors (Lipinski definition) is 3. The lowest BCUT2D eigenvalue weighted by Gasteiger charge is -1.98. The Bertz CT molecular complexity index is 915. The molecule has 0 aliphatic rings. The van der Waals surface area contributed by atoms with Gasteiger partial charge in [-0.1, -0.05) is 30.3 Å². The van der Waals surface area contributed by atoms with Gasteiger partial charge in [-0.25, -0.2) is 4.98 Å². The van der Waals surface area contributed by atoms with Gasteiger partial charge in [0.05, 0.1) is 22.5 Å². The first-order chi connectivity index (χ1) is 10.3. The molecule has 0 radical (unpaired) electrons. The summed E-state index contributed by atoms with van der Waals surface area (Å²) >= 11 is 0. The molecular formula is C17H11N3O. The van der Waals surface area contributed by atoms with Crippen molar-refractivity contribution in [2.45, 2.75) is 0 Å². The number of fused-ring (bicyclic) bond motifs is 1. The van der Waals surface area contributed by atoms with Gasteiger partial charge < -0.3 is 4.98 Å². The van der Waals surface area contributed by atoms with Crippen LogP contribution in [-0.2, 0) is 0 Å². The molecule has 3 aromatic rings. The third-order valence-corrected chi connectivity index (χ3v) is 3.10. The number of rotatable bonds is 2. The molecule has 0 saturated carbocycles. The molecule has 1 aromatic heterocycles. The van der Waals surface area contributed by atoms with E-state index in [1.54, 1.807) is 24.3 Å². The molecule has 0 fully saturated rings. The first-order valence-electron chi connectivity index (χ1n) is 6.43. The molecule has 0 bridgehead atoms. The number of H-pyrrole nitrogens is 1. The van der Waals surface area contributed by atoms with Crippen molar-refractivity contribution in [2.24, 2.45) is 0 Å². The number of aromatic amines is 1. The third kappa shape index (κ3) is 2.72. The summed E-state index contributed by atoms with van der Waals surface area (Å²) in [4.78, 5) is 19.1. The molecule has 1 N–H and O–H groups in total. The summed E-state index contributed by atoms with van der Waals surface area (Å²) in [6.45, 7) is 0. The van der Waals surface area contributed by atoms with Crippen LogP contribution in [0.4, 0.5) is 0 Å². The van der Waals surface area contributed by atoms with Gasteiger partial charge in [-0.15, -0.1) is 0 Å². The maximum atomic E-state index is 11.9. The second kappa shape index (κ2) is 5.43. The van der Waals surface area contributed by atoms with Crippen LogP contribution in [0.2, 0.25) is 0 Å². The Labute approximate surface area is 121 Å². The van der Waals surface area contributed by atoms with Gasteiger partial charge in [-0.05, 0) is 35.9 Å². The summed E-state index contributed by atoms with van der Waals surface area (Å²) in [5.41, 5.74) is 2.06. The fourth-order valence-corrected chi connectivity index (χ4v) is 2.03. The fourth-order valence-electron chi connectivity index (χ4n) is 2.03. The second-order valence-electron chi connectivity index (χ2n) is 4.54. The maximum absolute atomic E-state index is 11.9. The molecule has 0 aliphatic carbocycles. The molecule has 1 heterocycles. The van der Waals surface area contributed by atoms with Crippen molar-refractivity contribution in [1.82, 2.24) is 9.97 Å². The number of hydrogen-bond donors (Lipinski definition) is 1. The Morgan fingerprint density at radius 3 is 2.57 bits per heavy atom. The second-order valence-corrected chi connectivity index (χ2v) is 4.54. The van der Waals surface area contributed by atoms with E-state index in [0.29, 0.717) is 22.3 Å². The summed E-state index contributed by atoms with van der Waals surface area (Å²) < 4.78 is 0. The first kappa shape index (κ1) is 12.8. The van der Waals surface area contributed by atoms with Crippen LogP contribution in [0.25, 0.3) is 23.1 Å². The van der Waals surface area contributed by atoms with Crippen molar-refractivity contribution < 1.29 is 0 Å². The molecular weight excluding hydrogens is 262 g/mol. The van der Waals surface area contributed by atoms with Crippen molar-refractivity contribution >= 4 is 23.1 Å². The molecule has 0 spiro atoms. The average molecular weight is 273 g/mol. The van der Waals surface area contributed by atoms with Crippen molar-refractivity contribution in [2.75, 3.05) is 0 Å². The van der Waals surface area contributed by atoms with Crippen molar-refractivity contribution in [1.29, 1.82) is 5.26 Å². The zero-order valence-electron chi connectivity index (χ0n) is 11.1.